The van der Waals surface area contributed by atoms with Crippen LogP contribution in [0.4, 0.5) is 11.6 Å². The van der Waals surface area contributed by atoms with Crippen LogP contribution in [-0.2, 0) is 6.42 Å². The van der Waals surface area contributed by atoms with Crippen molar-refractivity contribution in [3.8, 4) is 0 Å². The number of rotatable bonds is 6. The topological polar surface area (TPSA) is 49.8 Å². The molecule has 17 heavy (non-hydrogen) atoms. The maximum atomic E-state index is 4.51. The van der Waals surface area contributed by atoms with Crippen LogP contribution in [0.3, 0.4) is 0 Å². The zero-order chi connectivity index (χ0) is 12.3. The summed E-state index contributed by atoms with van der Waals surface area (Å²) in [5.41, 5.74) is 0. The molecule has 0 saturated heterocycles. The first kappa shape index (κ1) is 12.1. The van der Waals surface area contributed by atoms with Gasteiger partial charge in [-0.1, -0.05) is 20.3 Å². The van der Waals surface area contributed by atoms with Crippen LogP contribution in [0.25, 0.3) is 0 Å². The molecule has 1 aliphatic rings. The van der Waals surface area contributed by atoms with Gasteiger partial charge in [0.25, 0.3) is 0 Å². The molecule has 1 aromatic heterocycles. The van der Waals surface area contributed by atoms with Crippen LogP contribution in [0, 0.1) is 5.92 Å². The predicted molar refractivity (Wildman–Crippen MR) is 71.4 cm³/mol. The van der Waals surface area contributed by atoms with Crippen LogP contribution in [0.5, 0.6) is 0 Å². The summed E-state index contributed by atoms with van der Waals surface area (Å²) in [4.78, 5) is 8.90. The summed E-state index contributed by atoms with van der Waals surface area (Å²) >= 11 is 0. The molecule has 94 valence electrons. The summed E-state index contributed by atoms with van der Waals surface area (Å²) in [6, 6.07) is 2.61. The molecular formula is C13H22N4. The van der Waals surface area contributed by atoms with Crippen molar-refractivity contribution in [2.24, 2.45) is 5.92 Å². The van der Waals surface area contributed by atoms with Crippen molar-refractivity contribution in [2.45, 2.75) is 45.6 Å². The number of anilines is 2. The molecule has 1 aliphatic carbocycles. The van der Waals surface area contributed by atoms with E-state index in [1.54, 1.807) is 0 Å². The Labute approximate surface area is 103 Å². The molecule has 0 aliphatic heterocycles. The number of aromatic nitrogens is 2. The zero-order valence-electron chi connectivity index (χ0n) is 11.0. The van der Waals surface area contributed by atoms with Crippen molar-refractivity contribution < 1.29 is 0 Å². The summed E-state index contributed by atoms with van der Waals surface area (Å²) in [5.74, 6) is 3.60. The van der Waals surface area contributed by atoms with E-state index in [1.165, 1.54) is 19.3 Å². The highest BCUT2D eigenvalue weighted by molar-refractivity contribution is 5.48. The van der Waals surface area contributed by atoms with E-state index in [0.29, 0.717) is 6.04 Å². The molecule has 0 bridgehead atoms. The Balaban J connectivity index is 2.00. The molecule has 0 aromatic carbocycles. The third-order valence-electron chi connectivity index (χ3n) is 3.26. The highest BCUT2D eigenvalue weighted by atomic mass is 15.1. The van der Waals surface area contributed by atoms with Crippen molar-refractivity contribution >= 4 is 11.6 Å². The third kappa shape index (κ3) is 3.08. The average molecular weight is 234 g/mol. The highest BCUT2D eigenvalue weighted by Crippen LogP contribution is 2.37. The molecule has 2 unspecified atom stereocenters. The van der Waals surface area contributed by atoms with Gasteiger partial charge >= 0.3 is 0 Å². The summed E-state index contributed by atoms with van der Waals surface area (Å²) in [7, 11) is 1.89. The second-order valence-corrected chi connectivity index (χ2v) is 4.69. The van der Waals surface area contributed by atoms with Crippen LogP contribution in [0.15, 0.2) is 6.07 Å². The lowest BCUT2D eigenvalue weighted by Crippen LogP contribution is -2.09. The second-order valence-electron chi connectivity index (χ2n) is 4.69. The van der Waals surface area contributed by atoms with Crippen molar-refractivity contribution in [1.29, 1.82) is 0 Å². The van der Waals surface area contributed by atoms with Crippen molar-refractivity contribution in [1.82, 2.24) is 9.97 Å². The van der Waals surface area contributed by atoms with Crippen molar-refractivity contribution in [3.05, 3.63) is 11.9 Å². The van der Waals surface area contributed by atoms with Gasteiger partial charge in [-0.25, -0.2) is 9.97 Å². The molecule has 2 rings (SSSR count). The lowest BCUT2D eigenvalue weighted by molar-refractivity contribution is 0.692. The summed E-state index contributed by atoms with van der Waals surface area (Å²) in [6.45, 7) is 4.32. The van der Waals surface area contributed by atoms with Gasteiger partial charge < -0.3 is 10.6 Å². The third-order valence-corrected chi connectivity index (χ3v) is 3.26. The summed E-state index contributed by atoms with van der Waals surface area (Å²) in [5, 5.41) is 6.59. The standard InChI is InChI=1S/C13H22N4/c1-4-6-9-7-10(9)15-13-8-12(14-3)16-11(5-2)17-13/h8-10H,4-7H2,1-3H3,(H2,14,15,16,17). The maximum Gasteiger partial charge on any atom is 0.132 e. The fourth-order valence-electron chi connectivity index (χ4n) is 2.16. The molecule has 1 heterocycles. The first-order valence-electron chi connectivity index (χ1n) is 6.59. The molecular weight excluding hydrogens is 212 g/mol. The van der Waals surface area contributed by atoms with Gasteiger partial charge in [0.05, 0.1) is 0 Å². The molecule has 0 spiro atoms. The largest absolute Gasteiger partial charge is 0.373 e. The van der Waals surface area contributed by atoms with Crippen LogP contribution < -0.4 is 10.6 Å². The summed E-state index contributed by atoms with van der Waals surface area (Å²) in [6.07, 6.45) is 4.75. The first-order chi connectivity index (χ1) is 8.26. The average Bonchev–Trinajstić information content (AvgIpc) is 3.07. The molecule has 1 aromatic rings. The SMILES string of the molecule is CCCC1CC1Nc1cc(NC)nc(CC)n1. The smallest absolute Gasteiger partial charge is 0.132 e. The molecule has 2 atom stereocenters. The molecule has 4 nitrogen and oxygen atoms in total. The minimum atomic E-state index is 0.624. The summed E-state index contributed by atoms with van der Waals surface area (Å²) < 4.78 is 0. The van der Waals surface area contributed by atoms with Crippen molar-refractivity contribution in [2.75, 3.05) is 17.7 Å². The molecule has 1 fully saturated rings. The molecule has 1 saturated carbocycles. The van der Waals surface area contributed by atoms with E-state index in [9.17, 15) is 0 Å². The monoisotopic (exact) mass is 234 g/mol. The van der Waals surface area contributed by atoms with Gasteiger partial charge in [0.2, 0.25) is 0 Å². The van der Waals surface area contributed by atoms with Crippen molar-refractivity contribution in [3.63, 3.8) is 0 Å². The van der Waals surface area contributed by atoms with E-state index in [2.05, 4.69) is 34.4 Å². The van der Waals surface area contributed by atoms with Crippen LogP contribution >= 0.6 is 0 Å². The fraction of sp³-hybridized carbons (Fsp3) is 0.692. The Hall–Kier alpha value is -1.32. The van der Waals surface area contributed by atoms with E-state index in [0.717, 1.165) is 29.8 Å². The number of hydrogen-bond acceptors (Lipinski definition) is 4. The minimum absolute atomic E-state index is 0.624. The number of nitrogens with zero attached hydrogens (tertiary/aromatic N) is 2. The molecule has 0 radical (unpaired) electrons. The fourth-order valence-corrected chi connectivity index (χ4v) is 2.16. The van der Waals surface area contributed by atoms with Crippen LogP contribution in [0.2, 0.25) is 0 Å². The van der Waals surface area contributed by atoms with E-state index >= 15 is 0 Å². The van der Waals surface area contributed by atoms with Gasteiger partial charge in [-0.3, -0.25) is 0 Å². The Morgan fingerprint density at radius 2 is 2.06 bits per heavy atom. The van der Waals surface area contributed by atoms with E-state index in [4.69, 9.17) is 0 Å². The van der Waals surface area contributed by atoms with Gasteiger partial charge in [0, 0.05) is 25.6 Å². The molecule has 4 heteroatoms. The van der Waals surface area contributed by atoms with Gasteiger partial charge in [-0.05, 0) is 18.8 Å². The van der Waals surface area contributed by atoms with E-state index in [-0.39, 0.29) is 0 Å². The highest BCUT2D eigenvalue weighted by Gasteiger charge is 2.36. The lowest BCUT2D eigenvalue weighted by atomic mass is 10.2. The maximum absolute atomic E-state index is 4.51. The van der Waals surface area contributed by atoms with Gasteiger partial charge in [0.1, 0.15) is 17.5 Å². The Kier molecular flexibility index (Phi) is 3.82. The van der Waals surface area contributed by atoms with Gasteiger partial charge in [0.15, 0.2) is 0 Å². The normalized spacial score (nSPS) is 22.3. The van der Waals surface area contributed by atoms with Gasteiger partial charge in [-0.2, -0.15) is 0 Å². The predicted octanol–water partition coefficient (Wildman–Crippen LogP) is 2.68. The Morgan fingerprint density at radius 3 is 2.71 bits per heavy atom. The Bertz CT molecular complexity index is 355. The Morgan fingerprint density at radius 1 is 1.29 bits per heavy atom. The zero-order valence-corrected chi connectivity index (χ0v) is 11.0. The first-order valence-corrected chi connectivity index (χ1v) is 6.59. The minimum Gasteiger partial charge on any atom is -0.373 e. The lowest BCUT2D eigenvalue weighted by Gasteiger charge is -2.08. The number of nitrogens with one attached hydrogen (secondary N) is 2. The van der Waals surface area contributed by atoms with Crippen LogP contribution in [0.1, 0.15) is 38.9 Å². The number of aryl methyl sites for hydroxylation is 1. The quantitative estimate of drug-likeness (QED) is 0.794. The van der Waals surface area contributed by atoms with Crippen LogP contribution in [-0.4, -0.2) is 23.1 Å². The second kappa shape index (κ2) is 5.34. The molecule has 2 N–H and O–H groups in total. The van der Waals surface area contributed by atoms with E-state index < -0.39 is 0 Å². The van der Waals surface area contributed by atoms with E-state index in [1.807, 2.05) is 13.1 Å². The molecule has 0 amide bonds. The number of hydrogen-bond donors (Lipinski definition) is 2. The van der Waals surface area contributed by atoms with Gasteiger partial charge in [-0.15, -0.1) is 0 Å².